The van der Waals surface area contributed by atoms with E-state index in [1.54, 1.807) is 0 Å². The lowest BCUT2D eigenvalue weighted by Crippen LogP contribution is -2.07. The van der Waals surface area contributed by atoms with Crippen LogP contribution >= 0.6 is 0 Å². The topological polar surface area (TPSA) is 31.4 Å². The molecule has 0 aromatic carbocycles. The van der Waals surface area contributed by atoms with Crippen LogP contribution in [0.1, 0.15) is 56.4 Å². The van der Waals surface area contributed by atoms with Gasteiger partial charge in [-0.1, -0.05) is 26.7 Å². The molecule has 0 N–H and O–H groups in total. The predicted octanol–water partition coefficient (Wildman–Crippen LogP) is 4.36. The van der Waals surface area contributed by atoms with Gasteiger partial charge in [-0.2, -0.15) is 0 Å². The third kappa shape index (κ3) is 4.41. The molecule has 3 heteroatoms. The van der Waals surface area contributed by atoms with E-state index in [0.717, 1.165) is 67.3 Å². The highest BCUT2D eigenvalue weighted by Crippen LogP contribution is 2.30. The molecular formula is C16H27NO2. The highest BCUT2D eigenvalue weighted by atomic mass is 16.5. The summed E-state index contributed by atoms with van der Waals surface area (Å²) >= 11 is 0. The fraction of sp³-hybridized carbons (Fsp3) is 0.688. The van der Waals surface area contributed by atoms with Gasteiger partial charge in [-0.3, -0.25) is 0 Å². The van der Waals surface area contributed by atoms with Crippen LogP contribution in [-0.2, 0) is 0 Å². The molecule has 0 aliphatic carbocycles. The SMILES string of the molecule is CCCCOc1nc(C)c(OCCCC)c(C)c1C. The second-order valence-electron chi connectivity index (χ2n) is 4.99. The highest BCUT2D eigenvalue weighted by molar-refractivity contribution is 5.46. The third-order valence-corrected chi connectivity index (χ3v) is 3.30. The predicted molar refractivity (Wildman–Crippen MR) is 79.3 cm³/mol. The summed E-state index contributed by atoms with van der Waals surface area (Å²) in [6.07, 6.45) is 4.42. The summed E-state index contributed by atoms with van der Waals surface area (Å²) in [5.74, 6) is 1.68. The first-order valence-corrected chi connectivity index (χ1v) is 7.35. The van der Waals surface area contributed by atoms with Crippen LogP contribution in [0.4, 0.5) is 0 Å². The van der Waals surface area contributed by atoms with Crippen molar-refractivity contribution < 1.29 is 9.47 Å². The smallest absolute Gasteiger partial charge is 0.216 e. The fourth-order valence-corrected chi connectivity index (χ4v) is 1.87. The van der Waals surface area contributed by atoms with E-state index in [0.29, 0.717) is 0 Å². The minimum Gasteiger partial charge on any atom is -0.491 e. The molecule has 0 unspecified atom stereocenters. The summed E-state index contributed by atoms with van der Waals surface area (Å²) in [5.41, 5.74) is 3.16. The van der Waals surface area contributed by atoms with Crippen LogP contribution in [0.5, 0.6) is 11.6 Å². The molecule has 0 bridgehead atoms. The molecule has 0 saturated heterocycles. The van der Waals surface area contributed by atoms with Crippen LogP contribution < -0.4 is 9.47 Å². The van der Waals surface area contributed by atoms with Crippen LogP contribution in [0.25, 0.3) is 0 Å². The monoisotopic (exact) mass is 265 g/mol. The molecule has 1 rings (SSSR count). The quantitative estimate of drug-likeness (QED) is 0.654. The van der Waals surface area contributed by atoms with Crippen molar-refractivity contribution >= 4 is 0 Å². The van der Waals surface area contributed by atoms with Gasteiger partial charge in [-0.05, 0) is 33.6 Å². The molecule has 0 spiro atoms. The van der Waals surface area contributed by atoms with E-state index in [1.807, 2.05) is 6.92 Å². The molecule has 0 aliphatic rings. The Bertz CT molecular complexity index is 402. The van der Waals surface area contributed by atoms with Crippen molar-refractivity contribution in [3.63, 3.8) is 0 Å². The largest absolute Gasteiger partial charge is 0.491 e. The maximum absolute atomic E-state index is 5.85. The number of ether oxygens (including phenoxy) is 2. The maximum atomic E-state index is 5.85. The average molecular weight is 265 g/mol. The summed E-state index contributed by atoms with van der Waals surface area (Å²) in [6, 6.07) is 0. The maximum Gasteiger partial charge on any atom is 0.216 e. The number of nitrogens with zero attached hydrogens (tertiary/aromatic N) is 1. The normalized spacial score (nSPS) is 10.6. The van der Waals surface area contributed by atoms with E-state index in [4.69, 9.17) is 9.47 Å². The minimum absolute atomic E-state index is 0.735. The standard InChI is InChI=1S/C16H27NO2/c1-6-8-10-18-15-12(3)13(4)16(17-14(15)5)19-11-9-7-2/h6-11H2,1-5H3. The first-order valence-electron chi connectivity index (χ1n) is 7.35. The lowest BCUT2D eigenvalue weighted by atomic mass is 10.1. The summed E-state index contributed by atoms with van der Waals surface area (Å²) < 4.78 is 11.6. The molecular weight excluding hydrogens is 238 g/mol. The van der Waals surface area contributed by atoms with Crippen LogP contribution in [0.3, 0.4) is 0 Å². The summed E-state index contributed by atoms with van der Waals surface area (Å²) in [6.45, 7) is 11.9. The van der Waals surface area contributed by atoms with Gasteiger partial charge in [0.25, 0.3) is 0 Å². The molecule has 0 aliphatic heterocycles. The molecule has 0 atom stereocenters. The van der Waals surface area contributed by atoms with Gasteiger partial charge >= 0.3 is 0 Å². The van der Waals surface area contributed by atoms with Gasteiger partial charge in [0.2, 0.25) is 5.88 Å². The van der Waals surface area contributed by atoms with Gasteiger partial charge < -0.3 is 9.47 Å². The van der Waals surface area contributed by atoms with E-state index < -0.39 is 0 Å². The number of hydrogen-bond donors (Lipinski definition) is 0. The van der Waals surface area contributed by atoms with Gasteiger partial charge in [0.15, 0.2) is 0 Å². The second-order valence-corrected chi connectivity index (χ2v) is 4.99. The Hall–Kier alpha value is -1.25. The summed E-state index contributed by atoms with van der Waals surface area (Å²) in [7, 11) is 0. The van der Waals surface area contributed by atoms with E-state index in [2.05, 4.69) is 32.7 Å². The Kier molecular flexibility index (Phi) is 6.68. The molecule has 0 saturated carbocycles. The summed E-state index contributed by atoms with van der Waals surface area (Å²) in [4.78, 5) is 4.54. The molecule has 0 amide bonds. The van der Waals surface area contributed by atoms with E-state index in [1.165, 1.54) is 0 Å². The zero-order chi connectivity index (χ0) is 14.3. The third-order valence-electron chi connectivity index (χ3n) is 3.30. The number of pyridine rings is 1. The average Bonchev–Trinajstić information content (AvgIpc) is 2.39. The van der Waals surface area contributed by atoms with Crippen LogP contribution in [-0.4, -0.2) is 18.2 Å². The first-order chi connectivity index (χ1) is 9.11. The minimum atomic E-state index is 0.735. The zero-order valence-electron chi connectivity index (χ0n) is 13.0. The molecule has 0 fully saturated rings. The highest BCUT2D eigenvalue weighted by Gasteiger charge is 2.13. The van der Waals surface area contributed by atoms with Gasteiger partial charge in [0.05, 0.1) is 18.9 Å². The van der Waals surface area contributed by atoms with Crippen molar-refractivity contribution in [3.8, 4) is 11.6 Å². The van der Waals surface area contributed by atoms with Crippen molar-refractivity contribution in [1.82, 2.24) is 4.98 Å². The van der Waals surface area contributed by atoms with Crippen LogP contribution in [0, 0.1) is 20.8 Å². The Morgan fingerprint density at radius 1 is 0.842 bits per heavy atom. The molecule has 1 aromatic rings. The molecule has 0 radical (unpaired) electrons. The Morgan fingerprint density at radius 2 is 1.42 bits per heavy atom. The first kappa shape index (κ1) is 15.8. The summed E-state index contributed by atoms with van der Waals surface area (Å²) in [5, 5.41) is 0. The number of aryl methyl sites for hydroxylation is 1. The van der Waals surface area contributed by atoms with Gasteiger partial charge in [-0.15, -0.1) is 0 Å². The second kappa shape index (κ2) is 8.03. The lowest BCUT2D eigenvalue weighted by Gasteiger charge is -2.16. The van der Waals surface area contributed by atoms with Gasteiger partial charge in [-0.25, -0.2) is 4.98 Å². The number of rotatable bonds is 8. The molecule has 3 nitrogen and oxygen atoms in total. The van der Waals surface area contributed by atoms with E-state index in [-0.39, 0.29) is 0 Å². The van der Waals surface area contributed by atoms with Crippen molar-refractivity contribution in [3.05, 3.63) is 16.8 Å². The van der Waals surface area contributed by atoms with Crippen molar-refractivity contribution in [1.29, 1.82) is 0 Å². The van der Waals surface area contributed by atoms with E-state index in [9.17, 15) is 0 Å². The lowest BCUT2D eigenvalue weighted by molar-refractivity contribution is 0.284. The van der Waals surface area contributed by atoms with Crippen molar-refractivity contribution in [2.24, 2.45) is 0 Å². The van der Waals surface area contributed by atoms with Gasteiger partial charge in [0.1, 0.15) is 5.75 Å². The van der Waals surface area contributed by atoms with Crippen molar-refractivity contribution in [2.75, 3.05) is 13.2 Å². The van der Waals surface area contributed by atoms with Gasteiger partial charge in [0, 0.05) is 11.1 Å². The fourth-order valence-electron chi connectivity index (χ4n) is 1.87. The van der Waals surface area contributed by atoms with Crippen LogP contribution in [0.2, 0.25) is 0 Å². The van der Waals surface area contributed by atoms with Crippen LogP contribution in [0.15, 0.2) is 0 Å². The number of hydrogen-bond acceptors (Lipinski definition) is 3. The molecule has 108 valence electrons. The molecule has 19 heavy (non-hydrogen) atoms. The Morgan fingerprint density at radius 3 is 2.00 bits per heavy atom. The van der Waals surface area contributed by atoms with Crippen molar-refractivity contribution in [2.45, 2.75) is 60.3 Å². The Balaban J connectivity index is 2.82. The molecule has 1 aromatic heterocycles. The number of aromatic nitrogens is 1. The van der Waals surface area contributed by atoms with E-state index >= 15 is 0 Å². The zero-order valence-corrected chi connectivity index (χ0v) is 13.0. The Labute approximate surface area is 117 Å². The number of unbranched alkanes of at least 4 members (excludes halogenated alkanes) is 2. The molecule has 1 heterocycles.